The highest BCUT2D eigenvalue weighted by atomic mass is 16.5. The number of carbonyl (C=O) groups is 2. The number of amides is 2. The first kappa shape index (κ1) is 24.4. The van der Waals surface area contributed by atoms with Gasteiger partial charge in [0.05, 0.1) is 18.7 Å². The molecule has 3 heterocycles. The van der Waals surface area contributed by atoms with Gasteiger partial charge in [-0.2, -0.15) is 0 Å². The Hall–Kier alpha value is -3.26. The van der Waals surface area contributed by atoms with Crippen LogP contribution in [0.5, 0.6) is 11.5 Å². The molecule has 1 fully saturated rings. The number of carboxylic acid groups (broad SMARTS) is 1. The molecule has 192 valence electrons. The maximum atomic E-state index is 14.0. The number of carbonyl (C=O) groups excluding carboxylic acids is 1. The maximum absolute atomic E-state index is 14.0. The second kappa shape index (κ2) is 9.00. The van der Waals surface area contributed by atoms with E-state index in [2.05, 4.69) is 0 Å². The first-order chi connectivity index (χ1) is 17.1. The van der Waals surface area contributed by atoms with Crippen molar-refractivity contribution in [1.29, 1.82) is 0 Å². The normalized spacial score (nSPS) is 23.4. The van der Waals surface area contributed by atoms with Gasteiger partial charge >= 0.3 is 6.09 Å². The Bertz CT molecular complexity index is 1170. The van der Waals surface area contributed by atoms with E-state index in [0.717, 1.165) is 36.3 Å². The zero-order valence-electron chi connectivity index (χ0n) is 21.3. The summed E-state index contributed by atoms with van der Waals surface area (Å²) in [6.45, 7) is 9.12. The highest BCUT2D eigenvalue weighted by Crippen LogP contribution is 2.53. The zero-order valence-corrected chi connectivity index (χ0v) is 21.3. The Balaban J connectivity index is 1.39. The summed E-state index contributed by atoms with van der Waals surface area (Å²) in [5.41, 5.74) is 1.27. The fraction of sp³-hybridized carbons (Fsp3) is 0.500. The van der Waals surface area contributed by atoms with Gasteiger partial charge in [0.15, 0.2) is 0 Å². The molecule has 1 N–H and O–H groups in total. The molecule has 0 radical (unpaired) electrons. The van der Waals surface area contributed by atoms with E-state index in [-0.39, 0.29) is 31.3 Å². The minimum Gasteiger partial charge on any atom is -0.491 e. The number of hydrogen-bond donors (Lipinski definition) is 1. The lowest BCUT2D eigenvalue weighted by Gasteiger charge is -2.37. The van der Waals surface area contributed by atoms with Gasteiger partial charge in [0.25, 0.3) is 0 Å². The number of para-hydroxylation sites is 1. The van der Waals surface area contributed by atoms with Crippen molar-refractivity contribution in [2.75, 3.05) is 31.3 Å². The summed E-state index contributed by atoms with van der Waals surface area (Å²) >= 11 is 0. The van der Waals surface area contributed by atoms with Crippen LogP contribution in [-0.4, -0.2) is 66.1 Å². The number of benzene rings is 2. The molecule has 8 heteroatoms. The molecule has 1 spiro atoms. The highest BCUT2D eigenvalue weighted by Gasteiger charge is 2.57. The standard InChI is InChI=1S/C28H34N2O6/c1-18(30(26(32)33)27(2,3)4)16-35-19-11-12-22-24(14-19)36-17-28(22)21-9-5-6-10-23(21)29(25(28)31)15-20-8-7-13-34-20/h5-6,9-12,14,18,20H,7-8,13,15-17H2,1-4H3,(H,32,33)/t18?,20-,28?/m1/s1. The molecule has 3 atom stereocenters. The molecular weight excluding hydrogens is 460 g/mol. The van der Waals surface area contributed by atoms with E-state index in [9.17, 15) is 14.7 Å². The summed E-state index contributed by atoms with van der Waals surface area (Å²) in [7, 11) is 0. The third kappa shape index (κ3) is 3.97. The highest BCUT2D eigenvalue weighted by molar-refractivity contribution is 6.11. The van der Waals surface area contributed by atoms with Crippen molar-refractivity contribution in [3.8, 4) is 11.5 Å². The average molecular weight is 495 g/mol. The van der Waals surface area contributed by atoms with Gasteiger partial charge in [0.1, 0.15) is 30.1 Å². The second-order valence-electron chi connectivity index (χ2n) is 10.9. The summed E-state index contributed by atoms with van der Waals surface area (Å²) in [6.07, 6.45) is 1.05. The van der Waals surface area contributed by atoms with Crippen LogP contribution >= 0.6 is 0 Å². The maximum Gasteiger partial charge on any atom is 0.408 e. The Morgan fingerprint density at radius 2 is 2.03 bits per heavy atom. The van der Waals surface area contributed by atoms with Gasteiger partial charge in [-0.1, -0.05) is 24.3 Å². The van der Waals surface area contributed by atoms with Gasteiger partial charge in [-0.3, -0.25) is 9.69 Å². The average Bonchev–Trinajstić information content (AvgIpc) is 3.52. The molecule has 2 amide bonds. The Morgan fingerprint density at radius 1 is 1.25 bits per heavy atom. The van der Waals surface area contributed by atoms with Gasteiger partial charge in [-0.25, -0.2) is 4.79 Å². The van der Waals surface area contributed by atoms with Crippen molar-refractivity contribution >= 4 is 17.7 Å². The largest absolute Gasteiger partial charge is 0.491 e. The van der Waals surface area contributed by atoms with Crippen LogP contribution in [0.3, 0.4) is 0 Å². The SMILES string of the molecule is CC(COc1ccc2c(c1)OCC21C(=O)N(C[C@H]2CCCO2)c2ccccc21)N(C(=O)O)C(C)(C)C. The third-order valence-electron chi connectivity index (χ3n) is 7.39. The molecule has 1 saturated heterocycles. The Morgan fingerprint density at radius 3 is 2.72 bits per heavy atom. The number of rotatable bonds is 6. The van der Waals surface area contributed by atoms with E-state index in [1.54, 1.807) is 6.07 Å². The molecule has 2 aromatic rings. The minimum atomic E-state index is -0.983. The summed E-state index contributed by atoms with van der Waals surface area (Å²) in [4.78, 5) is 29.0. The summed E-state index contributed by atoms with van der Waals surface area (Å²) in [5.74, 6) is 1.21. The summed E-state index contributed by atoms with van der Waals surface area (Å²) in [6, 6.07) is 13.1. The first-order valence-electron chi connectivity index (χ1n) is 12.6. The number of fused-ring (bicyclic) bond motifs is 4. The number of hydrogen-bond acceptors (Lipinski definition) is 5. The second-order valence-corrected chi connectivity index (χ2v) is 10.9. The van der Waals surface area contributed by atoms with Crippen LogP contribution < -0.4 is 14.4 Å². The lowest BCUT2D eigenvalue weighted by molar-refractivity contribution is -0.122. The van der Waals surface area contributed by atoms with Crippen LogP contribution in [0.1, 0.15) is 51.7 Å². The van der Waals surface area contributed by atoms with Crippen LogP contribution in [0.25, 0.3) is 0 Å². The van der Waals surface area contributed by atoms with Crippen molar-refractivity contribution in [3.63, 3.8) is 0 Å². The van der Waals surface area contributed by atoms with Crippen molar-refractivity contribution < 1.29 is 28.9 Å². The van der Waals surface area contributed by atoms with E-state index in [0.29, 0.717) is 18.0 Å². The van der Waals surface area contributed by atoms with Gasteiger partial charge < -0.3 is 24.2 Å². The smallest absolute Gasteiger partial charge is 0.408 e. The Labute approximate surface area is 211 Å². The predicted molar refractivity (Wildman–Crippen MR) is 135 cm³/mol. The monoisotopic (exact) mass is 494 g/mol. The van der Waals surface area contributed by atoms with E-state index < -0.39 is 17.0 Å². The fourth-order valence-corrected chi connectivity index (χ4v) is 5.85. The van der Waals surface area contributed by atoms with Crippen LogP contribution in [0.15, 0.2) is 42.5 Å². The summed E-state index contributed by atoms with van der Waals surface area (Å²) < 4.78 is 17.9. The molecule has 2 aromatic carbocycles. The lowest BCUT2D eigenvalue weighted by atomic mass is 9.77. The molecule has 0 bridgehead atoms. The molecule has 0 aliphatic carbocycles. The van der Waals surface area contributed by atoms with E-state index >= 15 is 0 Å². The van der Waals surface area contributed by atoms with Crippen molar-refractivity contribution in [2.45, 2.75) is 63.6 Å². The number of anilines is 1. The van der Waals surface area contributed by atoms with E-state index in [1.807, 2.05) is 69.0 Å². The molecule has 0 saturated carbocycles. The van der Waals surface area contributed by atoms with Crippen molar-refractivity contribution in [1.82, 2.24) is 4.90 Å². The van der Waals surface area contributed by atoms with Crippen LogP contribution in [0.4, 0.5) is 10.5 Å². The van der Waals surface area contributed by atoms with Crippen molar-refractivity contribution in [2.24, 2.45) is 0 Å². The number of ether oxygens (including phenoxy) is 3. The minimum absolute atomic E-state index is 0.0162. The first-order valence-corrected chi connectivity index (χ1v) is 12.6. The van der Waals surface area contributed by atoms with Gasteiger partial charge in [-0.05, 0) is 58.2 Å². The van der Waals surface area contributed by atoms with E-state index in [4.69, 9.17) is 14.2 Å². The van der Waals surface area contributed by atoms with E-state index in [1.165, 1.54) is 4.90 Å². The van der Waals surface area contributed by atoms with Gasteiger partial charge in [0.2, 0.25) is 5.91 Å². The zero-order chi connectivity index (χ0) is 25.7. The Kier molecular flexibility index (Phi) is 6.11. The molecule has 3 aliphatic rings. The van der Waals surface area contributed by atoms with Crippen molar-refractivity contribution in [3.05, 3.63) is 53.6 Å². The lowest BCUT2D eigenvalue weighted by Crippen LogP contribution is -2.52. The summed E-state index contributed by atoms with van der Waals surface area (Å²) in [5, 5.41) is 9.64. The fourth-order valence-electron chi connectivity index (χ4n) is 5.85. The number of nitrogens with zero attached hydrogens (tertiary/aromatic N) is 2. The molecule has 8 nitrogen and oxygen atoms in total. The quantitative estimate of drug-likeness (QED) is 0.639. The molecule has 5 rings (SSSR count). The predicted octanol–water partition coefficient (Wildman–Crippen LogP) is 4.44. The van der Waals surface area contributed by atoms with Gasteiger partial charge in [-0.15, -0.1) is 0 Å². The third-order valence-corrected chi connectivity index (χ3v) is 7.39. The molecule has 3 aliphatic heterocycles. The van der Waals surface area contributed by atoms with Crippen LogP contribution in [0, 0.1) is 0 Å². The van der Waals surface area contributed by atoms with Crippen LogP contribution in [-0.2, 0) is 14.9 Å². The van der Waals surface area contributed by atoms with Crippen LogP contribution in [0.2, 0.25) is 0 Å². The molecule has 0 aromatic heterocycles. The topological polar surface area (TPSA) is 88.5 Å². The molecular formula is C28H34N2O6. The van der Waals surface area contributed by atoms with Gasteiger partial charge in [0, 0.05) is 29.5 Å². The molecule has 2 unspecified atom stereocenters. The molecule has 36 heavy (non-hydrogen) atoms.